The van der Waals surface area contributed by atoms with Crippen LogP contribution in [0.1, 0.15) is 74.6 Å². The number of pyridine rings is 1. The van der Waals surface area contributed by atoms with Crippen LogP contribution in [0.15, 0.2) is 24.5 Å². The van der Waals surface area contributed by atoms with E-state index in [1.54, 1.807) is 12.1 Å². The monoisotopic (exact) mass is 530 g/mol. The van der Waals surface area contributed by atoms with Crippen LogP contribution in [-0.4, -0.2) is 75.3 Å². The molecule has 2 aliphatic rings. The van der Waals surface area contributed by atoms with E-state index in [4.69, 9.17) is 11.5 Å². The van der Waals surface area contributed by atoms with Gasteiger partial charge in [0.1, 0.15) is 18.1 Å². The van der Waals surface area contributed by atoms with Crippen molar-refractivity contribution in [3.05, 3.63) is 30.1 Å². The second kappa shape index (κ2) is 13.8. The molecule has 1 saturated carbocycles. The van der Waals surface area contributed by atoms with Gasteiger partial charge in [-0.25, -0.2) is 4.79 Å². The molecule has 12 heteroatoms. The predicted octanol–water partition coefficient (Wildman–Crippen LogP) is 0.304. The minimum Gasteiger partial charge on any atom is -0.480 e. The third-order valence-corrected chi connectivity index (χ3v) is 7.41. The number of hydrogen-bond acceptors (Lipinski definition) is 7. The number of hydrogen-bond donors (Lipinski definition) is 5. The number of primary amides is 1. The molecule has 208 valence electrons. The van der Waals surface area contributed by atoms with E-state index in [9.17, 15) is 29.1 Å². The van der Waals surface area contributed by atoms with Gasteiger partial charge in [0.25, 0.3) is 5.91 Å². The zero-order chi connectivity index (χ0) is 27.7. The van der Waals surface area contributed by atoms with Crippen molar-refractivity contribution in [3.63, 3.8) is 0 Å². The average Bonchev–Trinajstić information content (AvgIpc) is 3.30. The van der Waals surface area contributed by atoms with Crippen molar-refractivity contribution >= 4 is 29.6 Å². The summed E-state index contributed by atoms with van der Waals surface area (Å²) in [5.41, 5.74) is 11.2. The average molecular weight is 531 g/mol. The number of carbonyl (C=O) groups excluding carboxylic acids is 4. The highest BCUT2D eigenvalue weighted by atomic mass is 16.4. The number of carboxylic acid groups (broad SMARTS) is 1. The molecule has 4 amide bonds. The highest BCUT2D eigenvalue weighted by molar-refractivity contribution is 5.98. The first kappa shape index (κ1) is 29.0. The maximum atomic E-state index is 13.8. The Kier molecular flexibility index (Phi) is 10.6. The molecule has 1 aromatic heterocycles. The quantitative estimate of drug-likeness (QED) is 0.224. The van der Waals surface area contributed by atoms with Crippen LogP contribution in [0, 0.1) is 5.92 Å². The first-order chi connectivity index (χ1) is 18.2. The second-order valence-corrected chi connectivity index (χ2v) is 10.1. The van der Waals surface area contributed by atoms with E-state index in [0.717, 1.165) is 19.3 Å². The van der Waals surface area contributed by atoms with Gasteiger partial charge in [-0.2, -0.15) is 0 Å². The summed E-state index contributed by atoms with van der Waals surface area (Å²) in [6.45, 7) is 0.415. The predicted molar refractivity (Wildman–Crippen MR) is 137 cm³/mol. The van der Waals surface area contributed by atoms with Crippen molar-refractivity contribution in [2.75, 3.05) is 6.54 Å². The summed E-state index contributed by atoms with van der Waals surface area (Å²) in [6, 6.07) is -0.190. The van der Waals surface area contributed by atoms with Crippen LogP contribution < -0.4 is 22.1 Å². The van der Waals surface area contributed by atoms with E-state index in [-0.39, 0.29) is 36.8 Å². The van der Waals surface area contributed by atoms with Crippen molar-refractivity contribution < 1.29 is 29.1 Å². The van der Waals surface area contributed by atoms with Crippen LogP contribution in [-0.2, 0) is 19.2 Å². The van der Waals surface area contributed by atoms with Crippen LogP contribution >= 0.6 is 0 Å². The lowest BCUT2D eigenvalue weighted by Crippen LogP contribution is -2.57. The van der Waals surface area contributed by atoms with Crippen LogP contribution in [0.25, 0.3) is 0 Å². The van der Waals surface area contributed by atoms with Crippen molar-refractivity contribution in [1.29, 1.82) is 0 Å². The van der Waals surface area contributed by atoms with Crippen molar-refractivity contribution in [3.8, 4) is 0 Å². The minimum absolute atomic E-state index is 0.0772. The minimum atomic E-state index is -1.16. The number of amides is 4. The molecule has 5 unspecified atom stereocenters. The fraction of sp³-hybridized carbons (Fsp3) is 0.615. The van der Waals surface area contributed by atoms with Crippen LogP contribution in [0.5, 0.6) is 0 Å². The van der Waals surface area contributed by atoms with E-state index < -0.39 is 47.7 Å². The van der Waals surface area contributed by atoms with Crippen molar-refractivity contribution in [2.24, 2.45) is 17.4 Å². The Morgan fingerprint density at radius 3 is 2.50 bits per heavy atom. The molecule has 2 heterocycles. The topological polar surface area (TPSA) is 198 Å². The first-order valence-corrected chi connectivity index (χ1v) is 13.3. The Balaban J connectivity index is 1.80. The summed E-state index contributed by atoms with van der Waals surface area (Å²) in [4.78, 5) is 68.9. The van der Waals surface area contributed by atoms with Gasteiger partial charge >= 0.3 is 5.97 Å². The molecular formula is C26H38N6O6. The molecule has 0 aromatic carbocycles. The normalized spacial score (nSPS) is 22.1. The molecule has 0 radical (unpaired) electrons. The van der Waals surface area contributed by atoms with Gasteiger partial charge in [-0.1, -0.05) is 12.8 Å². The molecule has 1 aliphatic heterocycles. The van der Waals surface area contributed by atoms with Crippen LogP contribution in [0.2, 0.25) is 0 Å². The standard InChI is InChI=1S/C26H38N6O6/c27-12-4-3-8-18(30-23(34)17-7-5-13-29-15-17)24(35)31-19(10-11-22(28)33)25(36)32-20-9-2-1-6-16(20)14-21(32)26(37)38/h5,7,13,15-16,18-21H,1-4,6,8-12,14,27H2,(H2,28,33)(H,30,34)(H,31,35)(H,37,38). The summed E-state index contributed by atoms with van der Waals surface area (Å²) in [7, 11) is 0. The molecule has 0 spiro atoms. The van der Waals surface area contributed by atoms with Gasteiger partial charge < -0.3 is 32.1 Å². The lowest BCUT2D eigenvalue weighted by Gasteiger charge is -2.35. The Hall–Kier alpha value is -3.54. The van der Waals surface area contributed by atoms with E-state index in [1.165, 1.54) is 17.3 Å². The maximum absolute atomic E-state index is 13.8. The number of unbranched alkanes of at least 4 members (excludes halogenated alkanes) is 1. The lowest BCUT2D eigenvalue weighted by atomic mass is 9.84. The van der Waals surface area contributed by atoms with E-state index in [0.29, 0.717) is 32.2 Å². The molecule has 1 aromatic rings. The largest absolute Gasteiger partial charge is 0.480 e. The number of fused-ring (bicyclic) bond motifs is 1. The lowest BCUT2D eigenvalue weighted by molar-refractivity contribution is -0.151. The molecule has 1 aliphatic carbocycles. The number of carboxylic acids is 1. The van der Waals surface area contributed by atoms with E-state index in [1.807, 2.05) is 0 Å². The fourth-order valence-electron chi connectivity index (χ4n) is 5.49. The Labute approximate surface area is 221 Å². The highest BCUT2D eigenvalue weighted by Gasteiger charge is 2.49. The van der Waals surface area contributed by atoms with Crippen molar-refractivity contribution in [1.82, 2.24) is 20.5 Å². The SMILES string of the molecule is NCCCCC(NC(=O)c1cccnc1)C(=O)NC(CCC(N)=O)C(=O)N1C(C(=O)O)CC2CCCCC21. The third kappa shape index (κ3) is 7.50. The zero-order valence-electron chi connectivity index (χ0n) is 21.5. The number of carbonyl (C=O) groups is 5. The van der Waals surface area contributed by atoms with Gasteiger partial charge in [0, 0.05) is 24.9 Å². The maximum Gasteiger partial charge on any atom is 0.326 e. The molecule has 0 bridgehead atoms. The van der Waals surface area contributed by atoms with Crippen molar-refractivity contribution in [2.45, 2.75) is 88.4 Å². The van der Waals surface area contributed by atoms with E-state index in [2.05, 4.69) is 15.6 Å². The van der Waals surface area contributed by atoms with Crippen LogP contribution in [0.3, 0.4) is 0 Å². The summed E-state index contributed by atoms with van der Waals surface area (Å²) in [5, 5.41) is 15.3. The highest BCUT2D eigenvalue weighted by Crippen LogP contribution is 2.40. The Morgan fingerprint density at radius 1 is 1.08 bits per heavy atom. The Morgan fingerprint density at radius 2 is 1.84 bits per heavy atom. The smallest absolute Gasteiger partial charge is 0.326 e. The molecule has 3 rings (SSSR count). The van der Waals surface area contributed by atoms with Gasteiger partial charge in [0.05, 0.1) is 5.56 Å². The number of likely N-dealkylation sites (tertiary alicyclic amines) is 1. The van der Waals surface area contributed by atoms with Gasteiger partial charge in [0.2, 0.25) is 17.7 Å². The van der Waals surface area contributed by atoms with Gasteiger partial charge in [0.15, 0.2) is 0 Å². The van der Waals surface area contributed by atoms with Gasteiger partial charge in [-0.05, 0) is 69.5 Å². The molecular weight excluding hydrogens is 492 g/mol. The molecule has 5 atom stereocenters. The first-order valence-electron chi connectivity index (χ1n) is 13.3. The number of nitrogens with two attached hydrogens (primary N) is 2. The molecule has 7 N–H and O–H groups in total. The van der Waals surface area contributed by atoms with Crippen LogP contribution in [0.4, 0.5) is 0 Å². The van der Waals surface area contributed by atoms with E-state index >= 15 is 0 Å². The summed E-state index contributed by atoms with van der Waals surface area (Å²) in [6.07, 6.45) is 7.90. The molecule has 2 fully saturated rings. The number of nitrogens with zero attached hydrogens (tertiary/aromatic N) is 2. The number of nitrogens with one attached hydrogen (secondary N) is 2. The number of rotatable bonds is 13. The van der Waals surface area contributed by atoms with Gasteiger partial charge in [-0.3, -0.25) is 24.2 Å². The summed E-state index contributed by atoms with van der Waals surface area (Å²) in [5.74, 6) is -3.29. The van der Waals surface area contributed by atoms with Gasteiger partial charge in [-0.15, -0.1) is 0 Å². The summed E-state index contributed by atoms with van der Waals surface area (Å²) < 4.78 is 0. The molecule has 12 nitrogen and oxygen atoms in total. The number of aliphatic carboxylic acids is 1. The Bertz CT molecular complexity index is 1010. The third-order valence-electron chi connectivity index (χ3n) is 7.41. The number of aromatic nitrogens is 1. The molecule has 38 heavy (non-hydrogen) atoms. The zero-order valence-corrected chi connectivity index (χ0v) is 21.5. The second-order valence-electron chi connectivity index (χ2n) is 10.1. The summed E-state index contributed by atoms with van der Waals surface area (Å²) >= 11 is 0. The fourth-order valence-corrected chi connectivity index (χ4v) is 5.49. The molecule has 1 saturated heterocycles.